The molecule has 0 bridgehead atoms. The molecular weight excluding hydrogens is 429 g/mol. The van der Waals surface area contributed by atoms with Crippen molar-refractivity contribution in [1.82, 2.24) is 15.3 Å². The van der Waals surface area contributed by atoms with Crippen LogP contribution in [-0.2, 0) is 20.3 Å². The second-order valence-corrected chi connectivity index (χ2v) is 9.55. The molecule has 1 heterocycles. The predicted octanol–water partition coefficient (Wildman–Crippen LogP) is 5.19. The molecule has 184 valence electrons. The van der Waals surface area contributed by atoms with Gasteiger partial charge in [0, 0.05) is 24.7 Å². The molecule has 1 atom stereocenters. The van der Waals surface area contributed by atoms with Crippen LogP contribution in [0.2, 0.25) is 0 Å². The first kappa shape index (κ1) is 28.6. The minimum absolute atomic E-state index is 0.136. The van der Waals surface area contributed by atoms with E-state index in [1.165, 1.54) is 51.3 Å². The van der Waals surface area contributed by atoms with Crippen molar-refractivity contribution in [1.29, 1.82) is 0 Å². The van der Waals surface area contributed by atoms with Crippen molar-refractivity contribution in [3.05, 3.63) is 30.4 Å². The summed E-state index contributed by atoms with van der Waals surface area (Å²) in [7, 11) is -4.59. The standard InChI is InChI=1S/C23H42N3O5P/c1-2-3-4-5-6-7-8-9-10-11-12-13-14-15-16-23(27)26-22(19-31-32(28,29)30)17-21-18-24-20-25-21/h9-10,18,20,22H,2-8,11-17,19H2,1H3,(H,24,25)(H,26,27)(H2,28,29,30)/b10-9-/t22-/m1/s1. The Bertz CT molecular complexity index is 661. The van der Waals surface area contributed by atoms with Gasteiger partial charge in [0.15, 0.2) is 0 Å². The number of nitrogens with zero attached hydrogens (tertiary/aromatic N) is 1. The number of nitrogens with one attached hydrogen (secondary N) is 2. The summed E-state index contributed by atoms with van der Waals surface area (Å²) in [4.78, 5) is 36.9. The lowest BCUT2D eigenvalue weighted by molar-refractivity contribution is -0.122. The SMILES string of the molecule is CCCCCCCC/C=C\CCCCCCC(=O)N[C@@H](COP(=O)(O)O)Cc1cnc[nH]1. The van der Waals surface area contributed by atoms with E-state index in [2.05, 4.69) is 38.9 Å². The van der Waals surface area contributed by atoms with Gasteiger partial charge < -0.3 is 20.1 Å². The number of phosphoric acid groups is 1. The van der Waals surface area contributed by atoms with Crippen LogP contribution in [0, 0.1) is 0 Å². The fraction of sp³-hybridized carbons (Fsp3) is 0.739. The van der Waals surface area contributed by atoms with Gasteiger partial charge in [-0.3, -0.25) is 9.32 Å². The monoisotopic (exact) mass is 471 g/mol. The molecule has 0 fully saturated rings. The van der Waals surface area contributed by atoms with Gasteiger partial charge in [-0.05, 0) is 32.1 Å². The molecule has 32 heavy (non-hydrogen) atoms. The van der Waals surface area contributed by atoms with E-state index in [0.717, 1.165) is 37.8 Å². The summed E-state index contributed by atoms with van der Waals surface area (Å²) in [5.41, 5.74) is 0.758. The van der Waals surface area contributed by atoms with E-state index in [9.17, 15) is 9.36 Å². The van der Waals surface area contributed by atoms with Crippen LogP contribution in [-0.4, -0.2) is 38.3 Å². The zero-order chi connectivity index (χ0) is 23.5. The highest BCUT2D eigenvalue weighted by molar-refractivity contribution is 7.46. The van der Waals surface area contributed by atoms with Gasteiger partial charge >= 0.3 is 7.82 Å². The zero-order valence-electron chi connectivity index (χ0n) is 19.5. The lowest BCUT2D eigenvalue weighted by atomic mass is 10.1. The third kappa shape index (κ3) is 17.1. The summed E-state index contributed by atoms with van der Waals surface area (Å²) in [5.74, 6) is -0.136. The van der Waals surface area contributed by atoms with E-state index < -0.39 is 13.9 Å². The van der Waals surface area contributed by atoms with E-state index >= 15 is 0 Å². The maximum absolute atomic E-state index is 12.2. The molecule has 0 radical (unpaired) electrons. The number of H-pyrrole nitrogens is 1. The van der Waals surface area contributed by atoms with Crippen molar-refractivity contribution < 1.29 is 23.7 Å². The van der Waals surface area contributed by atoms with Crippen LogP contribution in [0.5, 0.6) is 0 Å². The van der Waals surface area contributed by atoms with Crippen LogP contribution in [0.4, 0.5) is 0 Å². The summed E-state index contributed by atoms with van der Waals surface area (Å²) < 4.78 is 15.6. The number of hydrogen-bond donors (Lipinski definition) is 4. The topological polar surface area (TPSA) is 125 Å². The Balaban J connectivity index is 2.10. The molecule has 0 aliphatic carbocycles. The molecule has 0 saturated heterocycles. The number of unbranched alkanes of at least 4 members (excludes halogenated alkanes) is 10. The van der Waals surface area contributed by atoms with Crippen LogP contribution in [0.25, 0.3) is 0 Å². The van der Waals surface area contributed by atoms with Crippen molar-refractivity contribution in [3.63, 3.8) is 0 Å². The van der Waals surface area contributed by atoms with Crippen molar-refractivity contribution in [2.24, 2.45) is 0 Å². The van der Waals surface area contributed by atoms with E-state index in [1.54, 1.807) is 6.20 Å². The number of amides is 1. The number of phosphoric ester groups is 1. The Labute approximate surface area is 192 Å². The number of carbonyl (C=O) groups is 1. The lowest BCUT2D eigenvalue weighted by Crippen LogP contribution is -2.39. The van der Waals surface area contributed by atoms with Gasteiger partial charge in [-0.2, -0.15) is 0 Å². The summed E-state index contributed by atoms with van der Waals surface area (Å²) >= 11 is 0. The van der Waals surface area contributed by atoms with Crippen LogP contribution in [0.3, 0.4) is 0 Å². The highest BCUT2D eigenvalue weighted by Crippen LogP contribution is 2.35. The van der Waals surface area contributed by atoms with Gasteiger partial charge in [-0.1, -0.05) is 64.0 Å². The lowest BCUT2D eigenvalue weighted by Gasteiger charge is -2.18. The first-order valence-corrected chi connectivity index (χ1v) is 13.6. The molecule has 8 nitrogen and oxygen atoms in total. The van der Waals surface area contributed by atoms with Gasteiger partial charge in [0.2, 0.25) is 5.91 Å². The summed E-state index contributed by atoms with van der Waals surface area (Å²) in [6, 6.07) is -0.535. The highest BCUT2D eigenvalue weighted by Gasteiger charge is 2.20. The van der Waals surface area contributed by atoms with Crippen LogP contribution >= 0.6 is 7.82 Å². The van der Waals surface area contributed by atoms with Crippen LogP contribution < -0.4 is 5.32 Å². The Morgan fingerprint density at radius 3 is 2.31 bits per heavy atom. The molecule has 0 aliphatic rings. The maximum Gasteiger partial charge on any atom is 0.469 e. The van der Waals surface area contributed by atoms with Gasteiger partial charge in [0.05, 0.1) is 19.0 Å². The van der Waals surface area contributed by atoms with Gasteiger partial charge in [0.25, 0.3) is 0 Å². The molecule has 0 unspecified atom stereocenters. The quantitative estimate of drug-likeness (QED) is 0.118. The summed E-state index contributed by atoms with van der Waals surface area (Å²) in [6.07, 6.45) is 22.7. The molecule has 1 rings (SSSR count). The largest absolute Gasteiger partial charge is 0.469 e. The normalized spacial score (nSPS) is 13.0. The predicted molar refractivity (Wildman–Crippen MR) is 127 cm³/mol. The molecule has 4 N–H and O–H groups in total. The van der Waals surface area contributed by atoms with Crippen LogP contribution in [0.15, 0.2) is 24.7 Å². The van der Waals surface area contributed by atoms with Crippen molar-refractivity contribution in [2.75, 3.05) is 6.61 Å². The first-order valence-electron chi connectivity index (χ1n) is 12.0. The minimum atomic E-state index is -4.59. The Morgan fingerprint density at radius 2 is 1.72 bits per heavy atom. The minimum Gasteiger partial charge on any atom is -0.351 e. The molecule has 0 spiro atoms. The maximum atomic E-state index is 12.2. The Kier molecular flexibility index (Phi) is 16.1. The molecule has 9 heteroatoms. The average Bonchev–Trinajstić information content (AvgIpc) is 3.25. The molecule has 1 amide bonds. The third-order valence-corrected chi connectivity index (χ3v) is 5.73. The van der Waals surface area contributed by atoms with E-state index in [-0.39, 0.29) is 12.5 Å². The number of hydrogen-bond acceptors (Lipinski definition) is 4. The van der Waals surface area contributed by atoms with Crippen molar-refractivity contribution in [2.45, 2.75) is 103 Å². The first-order chi connectivity index (χ1) is 15.4. The van der Waals surface area contributed by atoms with Gasteiger partial charge in [0.1, 0.15) is 0 Å². The third-order valence-electron chi connectivity index (χ3n) is 5.25. The number of imidazole rings is 1. The number of rotatable bonds is 20. The van der Waals surface area contributed by atoms with Crippen molar-refractivity contribution in [3.8, 4) is 0 Å². The molecule has 0 saturated carbocycles. The number of carbonyl (C=O) groups excluding carboxylic acids is 1. The fourth-order valence-corrected chi connectivity index (χ4v) is 3.85. The molecule has 0 aromatic carbocycles. The molecule has 1 aromatic heterocycles. The van der Waals surface area contributed by atoms with Gasteiger partial charge in [-0.15, -0.1) is 0 Å². The van der Waals surface area contributed by atoms with E-state index in [4.69, 9.17) is 9.79 Å². The highest BCUT2D eigenvalue weighted by atomic mass is 31.2. The van der Waals surface area contributed by atoms with Gasteiger partial charge in [-0.25, -0.2) is 9.55 Å². The smallest absolute Gasteiger partial charge is 0.351 e. The Hall–Kier alpha value is -1.47. The number of aromatic amines is 1. The summed E-state index contributed by atoms with van der Waals surface area (Å²) in [5, 5.41) is 2.81. The Morgan fingerprint density at radius 1 is 1.09 bits per heavy atom. The number of aromatic nitrogens is 2. The molecular formula is C23H42N3O5P. The zero-order valence-corrected chi connectivity index (χ0v) is 20.4. The van der Waals surface area contributed by atoms with E-state index in [1.807, 2.05) is 0 Å². The second-order valence-electron chi connectivity index (χ2n) is 8.31. The molecule has 0 aliphatic heterocycles. The fourth-order valence-electron chi connectivity index (χ4n) is 3.48. The average molecular weight is 472 g/mol. The second kappa shape index (κ2) is 18.0. The summed E-state index contributed by atoms with van der Waals surface area (Å²) in [6.45, 7) is 1.98. The van der Waals surface area contributed by atoms with Crippen LogP contribution in [0.1, 0.15) is 96.1 Å². The van der Waals surface area contributed by atoms with Crippen molar-refractivity contribution >= 4 is 13.7 Å². The van der Waals surface area contributed by atoms with E-state index in [0.29, 0.717) is 12.8 Å². The number of allylic oxidation sites excluding steroid dienone is 2. The molecule has 1 aromatic rings.